The van der Waals surface area contributed by atoms with Crippen molar-refractivity contribution in [3.05, 3.63) is 96.4 Å². The number of nitrogens with zero attached hydrogens (tertiary/aromatic N) is 3. The largest absolute Gasteiger partial charge is 0.480 e. The van der Waals surface area contributed by atoms with Crippen molar-refractivity contribution < 1.29 is 4.74 Å². The number of ether oxygens (including phenoxy) is 1. The number of nitrogens with one attached hydrogen (secondary N) is 2. The zero-order valence-electron chi connectivity index (χ0n) is 20.4. The zero-order chi connectivity index (χ0) is 24.0. The van der Waals surface area contributed by atoms with Crippen molar-refractivity contribution in [2.75, 3.05) is 32.1 Å². The molecule has 4 aromatic rings. The third kappa shape index (κ3) is 8.37. The lowest BCUT2D eigenvalue weighted by Crippen LogP contribution is -2.20. The van der Waals surface area contributed by atoms with Crippen molar-refractivity contribution in [1.82, 2.24) is 20.1 Å². The van der Waals surface area contributed by atoms with E-state index in [2.05, 4.69) is 58.0 Å². The first-order valence-electron chi connectivity index (χ1n) is 11.7. The molecule has 0 saturated heterocycles. The number of pyridine rings is 1. The molecule has 6 heteroatoms. The van der Waals surface area contributed by atoms with E-state index in [4.69, 9.17) is 4.74 Å². The Bertz CT molecular complexity index is 1070. The Morgan fingerprint density at radius 1 is 0.882 bits per heavy atom. The molecule has 0 amide bonds. The van der Waals surface area contributed by atoms with Crippen LogP contribution in [-0.2, 0) is 13.5 Å². The molecule has 0 radical (unpaired) electrons. The number of methoxy groups -OCH3 is 1. The Hall–Kier alpha value is -3.64. The second-order valence-electron chi connectivity index (χ2n) is 8.10. The number of aryl methyl sites for hydroxylation is 2. The Morgan fingerprint density at radius 2 is 1.59 bits per heavy atom. The Kier molecular flexibility index (Phi) is 10.1. The zero-order valence-corrected chi connectivity index (χ0v) is 20.4. The number of anilines is 1. The van der Waals surface area contributed by atoms with Crippen molar-refractivity contribution >= 4 is 5.69 Å². The van der Waals surface area contributed by atoms with E-state index in [1.54, 1.807) is 11.8 Å². The Balaban J connectivity index is 0.000000469. The summed E-state index contributed by atoms with van der Waals surface area (Å²) in [5.74, 6) is 0.611. The van der Waals surface area contributed by atoms with E-state index in [1.165, 1.54) is 11.1 Å². The number of benzene rings is 2. The highest BCUT2D eigenvalue weighted by Crippen LogP contribution is 2.27. The summed E-state index contributed by atoms with van der Waals surface area (Å²) in [7, 11) is 3.55. The fraction of sp³-hybridized carbons (Fsp3) is 0.286. The van der Waals surface area contributed by atoms with E-state index in [-0.39, 0.29) is 0 Å². The van der Waals surface area contributed by atoms with Crippen molar-refractivity contribution in [2.45, 2.75) is 19.8 Å². The number of hydrogen-bond donors (Lipinski definition) is 2. The minimum absolute atomic E-state index is 0.611. The molecule has 4 rings (SSSR count). The molecular weight excluding hydrogens is 422 g/mol. The molecule has 2 aromatic heterocycles. The fourth-order valence-electron chi connectivity index (χ4n) is 3.40. The summed E-state index contributed by atoms with van der Waals surface area (Å²) in [4.78, 5) is 4.41. The van der Waals surface area contributed by atoms with Crippen molar-refractivity contribution in [3.63, 3.8) is 0 Å². The second kappa shape index (κ2) is 13.8. The predicted molar refractivity (Wildman–Crippen MR) is 140 cm³/mol. The molecule has 0 bridgehead atoms. The second-order valence-corrected chi connectivity index (χ2v) is 8.10. The van der Waals surface area contributed by atoms with Crippen LogP contribution >= 0.6 is 0 Å². The molecule has 6 nitrogen and oxygen atoms in total. The van der Waals surface area contributed by atoms with Gasteiger partial charge in [0.05, 0.1) is 19.0 Å². The quantitative estimate of drug-likeness (QED) is 0.324. The van der Waals surface area contributed by atoms with Gasteiger partial charge < -0.3 is 15.4 Å². The van der Waals surface area contributed by atoms with Gasteiger partial charge in [0.15, 0.2) is 0 Å². The fourth-order valence-corrected chi connectivity index (χ4v) is 3.40. The van der Waals surface area contributed by atoms with Crippen LogP contribution in [-0.4, -0.2) is 41.5 Å². The van der Waals surface area contributed by atoms with Gasteiger partial charge in [-0.15, -0.1) is 0 Å². The van der Waals surface area contributed by atoms with Crippen LogP contribution in [0.5, 0.6) is 5.88 Å². The highest BCUT2D eigenvalue weighted by molar-refractivity contribution is 5.68. The van der Waals surface area contributed by atoms with E-state index >= 15 is 0 Å². The average Bonchev–Trinajstić information content (AvgIpc) is 3.32. The lowest BCUT2D eigenvalue weighted by atomic mass is 10.1. The van der Waals surface area contributed by atoms with Gasteiger partial charge in [0.25, 0.3) is 0 Å². The van der Waals surface area contributed by atoms with Gasteiger partial charge in [0.1, 0.15) is 0 Å². The van der Waals surface area contributed by atoms with Gasteiger partial charge in [-0.25, -0.2) is 4.98 Å². The number of hydrogen-bond acceptors (Lipinski definition) is 5. The first-order chi connectivity index (χ1) is 16.7. The number of rotatable bonds is 10. The van der Waals surface area contributed by atoms with Crippen LogP contribution in [0.4, 0.5) is 5.69 Å². The summed E-state index contributed by atoms with van der Waals surface area (Å²) in [6.45, 7) is 4.93. The smallest absolute Gasteiger partial charge is 0.237 e. The van der Waals surface area contributed by atoms with Crippen LogP contribution in [0.15, 0.2) is 85.3 Å². The maximum Gasteiger partial charge on any atom is 0.237 e. The molecule has 2 aromatic carbocycles. The number of aromatic nitrogens is 3. The predicted octanol–water partition coefficient (Wildman–Crippen LogP) is 5.12. The van der Waals surface area contributed by atoms with Gasteiger partial charge in [-0.2, -0.15) is 5.10 Å². The minimum Gasteiger partial charge on any atom is -0.480 e. The molecular formula is C28H35N5O. The summed E-state index contributed by atoms with van der Waals surface area (Å²) in [6, 6.07) is 22.8. The van der Waals surface area contributed by atoms with Crippen molar-refractivity contribution in [2.24, 2.45) is 7.05 Å². The monoisotopic (exact) mass is 457 g/mol. The van der Waals surface area contributed by atoms with Gasteiger partial charge in [-0.3, -0.25) is 4.68 Å². The normalized spacial score (nSPS) is 10.3. The molecule has 178 valence electrons. The highest BCUT2D eigenvalue weighted by atomic mass is 16.5. The van der Waals surface area contributed by atoms with E-state index in [1.807, 2.05) is 62.0 Å². The first-order valence-corrected chi connectivity index (χ1v) is 11.7. The SMILES string of the molecule is COc1ncc(-c2cnn(C)c2)cc1NCCCNCCc1ccc(C)cc1.c1ccccc1. The maximum absolute atomic E-state index is 5.38. The molecule has 0 saturated carbocycles. The minimum atomic E-state index is 0.611. The molecule has 0 atom stereocenters. The molecule has 2 heterocycles. The van der Waals surface area contributed by atoms with E-state index < -0.39 is 0 Å². The van der Waals surface area contributed by atoms with Crippen LogP contribution in [0.2, 0.25) is 0 Å². The van der Waals surface area contributed by atoms with Crippen LogP contribution in [0.25, 0.3) is 11.1 Å². The van der Waals surface area contributed by atoms with Crippen molar-refractivity contribution in [3.8, 4) is 17.0 Å². The van der Waals surface area contributed by atoms with Crippen LogP contribution in [0.3, 0.4) is 0 Å². The van der Waals surface area contributed by atoms with E-state index in [0.717, 1.165) is 49.3 Å². The average molecular weight is 458 g/mol. The van der Waals surface area contributed by atoms with Gasteiger partial charge in [-0.05, 0) is 44.5 Å². The van der Waals surface area contributed by atoms with Gasteiger partial charge >= 0.3 is 0 Å². The molecule has 0 aliphatic carbocycles. The summed E-state index contributed by atoms with van der Waals surface area (Å²) in [5, 5.41) is 11.2. The van der Waals surface area contributed by atoms with Crippen LogP contribution < -0.4 is 15.4 Å². The lowest BCUT2D eigenvalue weighted by molar-refractivity contribution is 0.400. The molecule has 0 aliphatic heterocycles. The first kappa shape index (κ1) is 25.0. The molecule has 0 unspecified atom stereocenters. The molecule has 0 fully saturated rings. The molecule has 0 aliphatic rings. The van der Waals surface area contributed by atoms with Gasteiger partial charge in [0.2, 0.25) is 5.88 Å². The van der Waals surface area contributed by atoms with E-state index in [9.17, 15) is 0 Å². The molecule has 0 spiro atoms. The summed E-state index contributed by atoms with van der Waals surface area (Å²) in [6.07, 6.45) is 7.71. The summed E-state index contributed by atoms with van der Waals surface area (Å²) < 4.78 is 7.17. The third-order valence-corrected chi connectivity index (χ3v) is 5.31. The highest BCUT2D eigenvalue weighted by Gasteiger charge is 2.08. The van der Waals surface area contributed by atoms with Gasteiger partial charge in [0, 0.05) is 37.1 Å². The maximum atomic E-state index is 5.38. The summed E-state index contributed by atoms with van der Waals surface area (Å²) in [5.41, 5.74) is 5.65. The Labute approximate surface area is 203 Å². The Morgan fingerprint density at radius 3 is 2.21 bits per heavy atom. The standard InChI is InChI=1S/C22H29N5O.C6H6/c1-17-5-7-18(8-6-17)9-12-23-10-4-11-24-21-13-19(14-25-22(21)28-3)20-15-26-27(2)16-20;1-2-4-6-5-3-1/h5-8,13-16,23-24H,4,9-12H2,1-3H3;1-6H. The van der Waals surface area contributed by atoms with Crippen LogP contribution in [0.1, 0.15) is 17.5 Å². The molecule has 2 N–H and O–H groups in total. The lowest BCUT2D eigenvalue weighted by Gasteiger charge is -2.12. The van der Waals surface area contributed by atoms with Crippen LogP contribution in [0, 0.1) is 6.92 Å². The van der Waals surface area contributed by atoms with Gasteiger partial charge in [-0.1, -0.05) is 66.2 Å². The topological polar surface area (TPSA) is 64.0 Å². The van der Waals surface area contributed by atoms with Crippen molar-refractivity contribution in [1.29, 1.82) is 0 Å². The van der Waals surface area contributed by atoms with E-state index in [0.29, 0.717) is 5.88 Å². The molecule has 34 heavy (non-hydrogen) atoms. The summed E-state index contributed by atoms with van der Waals surface area (Å²) >= 11 is 0. The third-order valence-electron chi connectivity index (χ3n) is 5.31.